The Morgan fingerprint density at radius 1 is 0.309 bits per heavy atom. The van der Waals surface area contributed by atoms with Gasteiger partial charge < -0.3 is 33.8 Å². The second kappa shape index (κ2) is 66.9. The fraction of sp³-hybridized carbons (Fsp3) is 0.947. The molecule has 3 unspecified atom stereocenters. The third-order valence-corrected chi connectivity index (χ3v) is 19.7. The van der Waals surface area contributed by atoms with Gasteiger partial charge in [-0.1, -0.05) is 337 Å². The molecule has 0 saturated heterocycles. The van der Waals surface area contributed by atoms with Crippen LogP contribution in [0.2, 0.25) is 0 Å². The zero-order valence-corrected chi connectivity index (χ0v) is 63.1. The summed E-state index contributed by atoms with van der Waals surface area (Å²) in [4.78, 5) is 72.4. The fourth-order valence-electron chi connectivity index (χ4n) is 11.4. The lowest BCUT2D eigenvalue weighted by Crippen LogP contribution is -2.30. The third kappa shape index (κ3) is 67.3. The summed E-state index contributed by atoms with van der Waals surface area (Å²) in [5, 5.41) is 10.6. The molecule has 0 spiro atoms. The predicted octanol–water partition coefficient (Wildman–Crippen LogP) is 21.9. The maximum Gasteiger partial charge on any atom is 0.472 e. The number of aliphatic hydroxyl groups is 1. The van der Waals surface area contributed by atoms with E-state index in [0.717, 1.165) is 102 Å². The van der Waals surface area contributed by atoms with Crippen LogP contribution in [0, 0.1) is 11.8 Å². The standard InChI is InChI=1S/C75H146O17P2/c1-7-10-12-14-15-16-17-18-19-20-24-27-30-33-36-39-46-52-58-73(78)86-64-71(91-74(79)59-53-47-40-37-34-31-28-25-22-21-23-26-29-32-35-38-45-50-56-68(6)9-3)66-90-94(83,84)88-62-69(76)61-87-93(81,82)89-65-70(63-85-72(77)57-51-43-13-11-8-2)92-75(80)60-54-48-42-41-44-49-55-67(4)5/h67-71,76H,7-66H2,1-6H3,(H,81,82)(H,83,84)/t68?,69-,70+,71+/m0/s1. The Morgan fingerprint density at radius 2 is 0.543 bits per heavy atom. The highest BCUT2D eigenvalue weighted by molar-refractivity contribution is 7.47. The van der Waals surface area contributed by atoms with Crippen molar-refractivity contribution in [2.24, 2.45) is 11.8 Å². The van der Waals surface area contributed by atoms with Crippen LogP contribution in [0.15, 0.2) is 0 Å². The van der Waals surface area contributed by atoms with Crippen molar-refractivity contribution in [1.29, 1.82) is 0 Å². The van der Waals surface area contributed by atoms with Gasteiger partial charge in [-0.2, -0.15) is 0 Å². The van der Waals surface area contributed by atoms with Gasteiger partial charge in [-0.05, 0) is 37.5 Å². The van der Waals surface area contributed by atoms with Gasteiger partial charge in [0.05, 0.1) is 26.4 Å². The van der Waals surface area contributed by atoms with Crippen molar-refractivity contribution in [1.82, 2.24) is 0 Å². The third-order valence-electron chi connectivity index (χ3n) is 17.8. The molecule has 0 aromatic carbocycles. The topological polar surface area (TPSA) is 237 Å². The number of aliphatic hydroxyl groups excluding tert-OH is 1. The number of rotatable bonds is 74. The first-order chi connectivity index (χ1) is 45.4. The van der Waals surface area contributed by atoms with Crippen molar-refractivity contribution in [3.05, 3.63) is 0 Å². The van der Waals surface area contributed by atoms with E-state index in [9.17, 15) is 43.2 Å². The van der Waals surface area contributed by atoms with E-state index in [-0.39, 0.29) is 25.7 Å². The van der Waals surface area contributed by atoms with Crippen LogP contribution >= 0.6 is 15.6 Å². The Bertz CT molecular complexity index is 1820. The number of ether oxygens (including phenoxy) is 4. The van der Waals surface area contributed by atoms with Crippen molar-refractivity contribution in [3.8, 4) is 0 Å². The summed E-state index contributed by atoms with van der Waals surface area (Å²) >= 11 is 0. The molecule has 558 valence electrons. The normalized spacial score (nSPS) is 14.3. The molecule has 94 heavy (non-hydrogen) atoms. The van der Waals surface area contributed by atoms with Gasteiger partial charge in [0.1, 0.15) is 19.3 Å². The van der Waals surface area contributed by atoms with Gasteiger partial charge in [-0.15, -0.1) is 0 Å². The highest BCUT2D eigenvalue weighted by atomic mass is 31.2. The summed E-state index contributed by atoms with van der Waals surface area (Å²) in [6.07, 6.45) is 54.9. The maximum absolute atomic E-state index is 13.1. The van der Waals surface area contributed by atoms with Crippen LogP contribution in [0.4, 0.5) is 0 Å². The molecule has 3 N–H and O–H groups in total. The van der Waals surface area contributed by atoms with Crippen molar-refractivity contribution in [2.45, 2.75) is 407 Å². The molecule has 19 heteroatoms. The van der Waals surface area contributed by atoms with Crippen LogP contribution in [0.25, 0.3) is 0 Å². The molecule has 0 saturated carbocycles. The molecule has 17 nitrogen and oxygen atoms in total. The Morgan fingerprint density at radius 3 is 0.809 bits per heavy atom. The average Bonchev–Trinajstić information content (AvgIpc) is 2.45. The minimum absolute atomic E-state index is 0.101. The monoisotopic (exact) mass is 1380 g/mol. The summed E-state index contributed by atoms with van der Waals surface area (Å²) < 4.78 is 68.1. The minimum atomic E-state index is -4.95. The molecular formula is C75H146O17P2. The van der Waals surface area contributed by atoms with Crippen LogP contribution < -0.4 is 0 Å². The van der Waals surface area contributed by atoms with Gasteiger partial charge in [-0.25, -0.2) is 9.13 Å². The predicted molar refractivity (Wildman–Crippen MR) is 381 cm³/mol. The molecule has 0 bridgehead atoms. The van der Waals surface area contributed by atoms with Crippen LogP contribution in [0.1, 0.15) is 388 Å². The first-order valence-corrected chi connectivity index (χ1v) is 42.0. The number of phosphoric acid groups is 2. The van der Waals surface area contributed by atoms with Gasteiger partial charge in [-0.3, -0.25) is 37.3 Å². The van der Waals surface area contributed by atoms with E-state index in [0.29, 0.717) is 31.6 Å². The molecule has 0 radical (unpaired) electrons. The Kier molecular flexibility index (Phi) is 65.5. The van der Waals surface area contributed by atoms with Gasteiger partial charge in [0.25, 0.3) is 0 Å². The molecule has 0 aliphatic rings. The second-order valence-electron chi connectivity index (χ2n) is 27.8. The molecule has 0 amide bonds. The lowest BCUT2D eigenvalue weighted by atomic mass is 9.99. The molecule has 0 rings (SSSR count). The molecule has 6 atom stereocenters. The Balaban J connectivity index is 5.09. The average molecular weight is 1380 g/mol. The molecular weight excluding hydrogens is 1230 g/mol. The van der Waals surface area contributed by atoms with E-state index in [1.54, 1.807) is 0 Å². The Labute approximate surface area is 575 Å². The number of esters is 4. The summed E-state index contributed by atoms with van der Waals surface area (Å²) in [7, 11) is -9.89. The van der Waals surface area contributed by atoms with E-state index in [1.807, 2.05) is 0 Å². The zero-order valence-electron chi connectivity index (χ0n) is 61.3. The fourth-order valence-corrected chi connectivity index (χ4v) is 13.0. The number of hydrogen-bond donors (Lipinski definition) is 3. The molecule has 0 fully saturated rings. The summed E-state index contributed by atoms with van der Waals surface area (Å²) in [5.41, 5.74) is 0. The van der Waals surface area contributed by atoms with E-state index in [1.165, 1.54) is 199 Å². The van der Waals surface area contributed by atoms with Gasteiger partial charge in [0.15, 0.2) is 12.2 Å². The summed E-state index contributed by atoms with van der Waals surface area (Å²) in [6.45, 7) is 9.46. The quantitative estimate of drug-likeness (QED) is 0.0222. The summed E-state index contributed by atoms with van der Waals surface area (Å²) in [6, 6.07) is 0. The number of hydrogen-bond acceptors (Lipinski definition) is 15. The van der Waals surface area contributed by atoms with E-state index in [4.69, 9.17) is 37.0 Å². The smallest absolute Gasteiger partial charge is 0.462 e. The number of unbranched alkanes of at least 4 members (excludes halogenated alkanes) is 43. The summed E-state index contributed by atoms with van der Waals surface area (Å²) in [5.74, 6) is -0.594. The largest absolute Gasteiger partial charge is 0.472 e. The number of carbonyl (C=O) groups excluding carboxylic acids is 4. The molecule has 0 aromatic heterocycles. The van der Waals surface area contributed by atoms with Gasteiger partial charge in [0.2, 0.25) is 0 Å². The lowest BCUT2D eigenvalue weighted by Gasteiger charge is -2.21. The van der Waals surface area contributed by atoms with Crippen molar-refractivity contribution in [2.75, 3.05) is 39.6 Å². The highest BCUT2D eigenvalue weighted by Gasteiger charge is 2.30. The minimum Gasteiger partial charge on any atom is -0.462 e. The molecule has 0 aliphatic carbocycles. The van der Waals surface area contributed by atoms with E-state index in [2.05, 4.69) is 41.5 Å². The zero-order chi connectivity index (χ0) is 69.3. The number of phosphoric ester groups is 2. The van der Waals surface area contributed by atoms with Crippen LogP contribution in [-0.2, 0) is 65.4 Å². The van der Waals surface area contributed by atoms with Gasteiger partial charge in [0, 0.05) is 25.7 Å². The first kappa shape index (κ1) is 92.1. The van der Waals surface area contributed by atoms with Crippen molar-refractivity contribution >= 4 is 39.5 Å². The maximum atomic E-state index is 13.1. The van der Waals surface area contributed by atoms with E-state index < -0.39 is 97.5 Å². The van der Waals surface area contributed by atoms with Crippen LogP contribution in [-0.4, -0.2) is 96.7 Å². The molecule has 0 aliphatic heterocycles. The lowest BCUT2D eigenvalue weighted by molar-refractivity contribution is -0.161. The first-order valence-electron chi connectivity index (χ1n) is 39.0. The molecule has 0 heterocycles. The van der Waals surface area contributed by atoms with Crippen LogP contribution in [0.5, 0.6) is 0 Å². The number of carbonyl (C=O) groups is 4. The van der Waals surface area contributed by atoms with Gasteiger partial charge >= 0.3 is 39.5 Å². The SMILES string of the molecule is CCCCCCCCCCCCCCCCCCCCC(=O)OC[C@H](COP(=O)(O)OC[C@@H](O)COP(=O)(O)OC[C@@H](COC(=O)CCCCCCC)OC(=O)CCCCCCCCC(C)C)OC(=O)CCCCCCCCCCCCCCCCCCCCC(C)CC. The Hall–Kier alpha value is -1.94. The highest BCUT2D eigenvalue weighted by Crippen LogP contribution is 2.45. The van der Waals surface area contributed by atoms with E-state index >= 15 is 0 Å². The second-order valence-corrected chi connectivity index (χ2v) is 30.7. The molecule has 0 aromatic rings. The van der Waals surface area contributed by atoms with Crippen LogP contribution in [0.3, 0.4) is 0 Å². The van der Waals surface area contributed by atoms with Crippen molar-refractivity contribution in [3.63, 3.8) is 0 Å². The van der Waals surface area contributed by atoms with Crippen molar-refractivity contribution < 1.29 is 80.2 Å².